The third-order valence-electron chi connectivity index (χ3n) is 4.73. The summed E-state index contributed by atoms with van der Waals surface area (Å²) in [5.41, 5.74) is 0. The van der Waals surface area contributed by atoms with Crippen molar-refractivity contribution in [1.29, 1.82) is 0 Å². The third kappa shape index (κ3) is 2.79. The Bertz CT molecular complexity index is 612. The summed E-state index contributed by atoms with van der Waals surface area (Å²) in [6, 6.07) is 0.292. The van der Waals surface area contributed by atoms with E-state index in [-0.39, 0.29) is 29.5 Å². The van der Waals surface area contributed by atoms with Gasteiger partial charge in [0.15, 0.2) is 5.03 Å². The van der Waals surface area contributed by atoms with Gasteiger partial charge in [0.25, 0.3) is 10.0 Å². The number of fused-ring (bicyclic) bond motifs is 1. The van der Waals surface area contributed by atoms with Crippen LogP contribution in [-0.4, -0.2) is 47.4 Å². The second-order valence-electron chi connectivity index (χ2n) is 6.36. The Balaban J connectivity index is 0.00000144. The molecule has 0 aromatic carbocycles. The lowest BCUT2D eigenvalue weighted by atomic mass is 10.2. The van der Waals surface area contributed by atoms with Gasteiger partial charge in [-0.25, -0.2) is 13.4 Å². The predicted octanol–water partition coefficient (Wildman–Crippen LogP) is 1.16. The Morgan fingerprint density at radius 3 is 2.68 bits per heavy atom. The van der Waals surface area contributed by atoms with Crippen molar-refractivity contribution < 1.29 is 8.42 Å². The second kappa shape index (κ2) is 6.11. The summed E-state index contributed by atoms with van der Waals surface area (Å²) in [6.45, 7) is 2.57. The zero-order valence-electron chi connectivity index (χ0n) is 12.6. The Hall–Kier alpha value is -0.630. The molecule has 4 rings (SSSR count). The Kier molecular flexibility index (Phi) is 4.51. The van der Waals surface area contributed by atoms with Crippen LogP contribution in [0.25, 0.3) is 0 Å². The average Bonchev–Trinajstić information content (AvgIpc) is 2.99. The maximum atomic E-state index is 13.0. The molecule has 22 heavy (non-hydrogen) atoms. The van der Waals surface area contributed by atoms with Crippen LogP contribution < -0.4 is 5.32 Å². The molecule has 0 bridgehead atoms. The number of nitrogens with one attached hydrogen (secondary N) is 1. The topological polar surface area (TPSA) is 67.2 Å². The zero-order valence-corrected chi connectivity index (χ0v) is 14.2. The van der Waals surface area contributed by atoms with Gasteiger partial charge in [0.05, 0.1) is 0 Å². The lowest BCUT2D eigenvalue weighted by molar-refractivity contribution is 0.326. The fraction of sp³-hybridized carbons (Fsp3) is 0.786. The van der Waals surface area contributed by atoms with Gasteiger partial charge in [-0.15, -0.1) is 12.4 Å². The van der Waals surface area contributed by atoms with E-state index >= 15 is 0 Å². The van der Waals surface area contributed by atoms with Crippen molar-refractivity contribution >= 4 is 22.4 Å². The van der Waals surface area contributed by atoms with Gasteiger partial charge >= 0.3 is 0 Å². The molecule has 1 N–H and O–H groups in total. The maximum Gasteiger partial charge on any atom is 0.262 e. The first-order valence-electron chi connectivity index (χ1n) is 7.96. The molecule has 1 aliphatic carbocycles. The molecule has 0 spiro atoms. The fourth-order valence-corrected chi connectivity index (χ4v) is 5.37. The van der Waals surface area contributed by atoms with Crippen LogP contribution in [0.2, 0.25) is 0 Å². The summed E-state index contributed by atoms with van der Waals surface area (Å²) in [5.74, 6) is 0.931. The van der Waals surface area contributed by atoms with Crippen molar-refractivity contribution in [2.45, 2.75) is 62.2 Å². The first-order chi connectivity index (χ1) is 10.2. The van der Waals surface area contributed by atoms with E-state index in [2.05, 4.69) is 10.3 Å². The Labute approximate surface area is 137 Å². The molecule has 2 aliphatic heterocycles. The number of halogens is 1. The van der Waals surface area contributed by atoms with Crippen LogP contribution in [0, 0.1) is 0 Å². The molecule has 6 nitrogen and oxygen atoms in total. The predicted molar refractivity (Wildman–Crippen MR) is 85.7 cm³/mol. The normalized spacial score (nSPS) is 25.0. The fourth-order valence-electron chi connectivity index (χ4n) is 3.50. The molecule has 1 aromatic heterocycles. The highest BCUT2D eigenvalue weighted by atomic mass is 35.5. The molecule has 2 fully saturated rings. The second-order valence-corrected chi connectivity index (χ2v) is 8.15. The molecule has 0 radical (unpaired) electrons. The van der Waals surface area contributed by atoms with Crippen molar-refractivity contribution in [3.63, 3.8) is 0 Å². The smallest absolute Gasteiger partial charge is 0.262 e. The molecule has 8 heteroatoms. The first kappa shape index (κ1) is 16.2. The van der Waals surface area contributed by atoms with Crippen molar-refractivity contribution in [2.75, 3.05) is 13.1 Å². The quantitative estimate of drug-likeness (QED) is 0.888. The number of hydrogen-bond donors (Lipinski definition) is 1. The lowest BCUT2D eigenvalue weighted by Gasteiger charge is -2.26. The lowest BCUT2D eigenvalue weighted by Crippen LogP contribution is -2.43. The van der Waals surface area contributed by atoms with Crippen molar-refractivity contribution in [1.82, 2.24) is 19.2 Å². The number of sulfonamides is 1. The van der Waals surface area contributed by atoms with Crippen molar-refractivity contribution in [3.05, 3.63) is 12.0 Å². The number of imidazole rings is 1. The van der Waals surface area contributed by atoms with Gasteiger partial charge in [0.1, 0.15) is 5.82 Å². The number of aryl methyl sites for hydroxylation is 2. The maximum absolute atomic E-state index is 13.0. The largest absolute Gasteiger partial charge is 0.333 e. The van der Waals surface area contributed by atoms with Crippen LogP contribution in [0.3, 0.4) is 0 Å². The van der Waals surface area contributed by atoms with Crippen molar-refractivity contribution in [2.24, 2.45) is 0 Å². The van der Waals surface area contributed by atoms with E-state index in [1.807, 2.05) is 4.57 Å². The molecule has 1 aromatic rings. The highest BCUT2D eigenvalue weighted by Crippen LogP contribution is 2.35. The molecule has 3 heterocycles. The van der Waals surface area contributed by atoms with Gasteiger partial charge in [-0.05, 0) is 38.6 Å². The van der Waals surface area contributed by atoms with Gasteiger partial charge < -0.3 is 9.88 Å². The molecule has 124 valence electrons. The van der Waals surface area contributed by atoms with Gasteiger partial charge in [-0.1, -0.05) is 0 Å². The summed E-state index contributed by atoms with van der Waals surface area (Å²) in [6.07, 6.45) is 7.75. The molecule has 1 atom stereocenters. The summed E-state index contributed by atoms with van der Waals surface area (Å²) < 4.78 is 29.9. The number of nitrogens with zero attached hydrogens (tertiary/aromatic N) is 3. The Morgan fingerprint density at radius 2 is 2.05 bits per heavy atom. The highest BCUT2D eigenvalue weighted by molar-refractivity contribution is 7.89. The minimum atomic E-state index is -3.45. The van der Waals surface area contributed by atoms with Gasteiger partial charge in [-0.2, -0.15) is 4.31 Å². The summed E-state index contributed by atoms with van der Waals surface area (Å²) in [7, 11) is -3.45. The zero-order chi connectivity index (χ0) is 14.4. The molecular weight excluding hydrogens is 324 g/mol. The van der Waals surface area contributed by atoms with Crippen LogP contribution in [0.4, 0.5) is 0 Å². The van der Waals surface area contributed by atoms with Crippen LogP contribution in [0.5, 0.6) is 0 Å². The van der Waals surface area contributed by atoms with Crippen LogP contribution in [-0.2, 0) is 23.0 Å². The molecule has 1 saturated heterocycles. The van der Waals surface area contributed by atoms with E-state index in [1.165, 1.54) is 0 Å². The van der Waals surface area contributed by atoms with E-state index in [4.69, 9.17) is 0 Å². The Morgan fingerprint density at radius 1 is 1.23 bits per heavy atom. The van der Waals surface area contributed by atoms with Gasteiger partial charge in [-0.3, -0.25) is 0 Å². The molecule has 1 unspecified atom stereocenters. The van der Waals surface area contributed by atoms with Gasteiger partial charge in [0, 0.05) is 37.8 Å². The summed E-state index contributed by atoms with van der Waals surface area (Å²) in [5, 5.41) is 3.54. The molecule has 3 aliphatic rings. The van der Waals surface area contributed by atoms with E-state index in [1.54, 1.807) is 10.5 Å². The van der Waals surface area contributed by atoms with E-state index in [0.29, 0.717) is 0 Å². The van der Waals surface area contributed by atoms with E-state index in [9.17, 15) is 8.42 Å². The van der Waals surface area contributed by atoms with Crippen LogP contribution >= 0.6 is 12.4 Å². The SMILES string of the molecule is Cl.O=S(=O)(c1cn2c(n1)CCCC2)N(C1CC1)C1CCNC1. The van der Waals surface area contributed by atoms with E-state index < -0.39 is 10.0 Å². The molecular formula is C14H23ClN4O2S. The average molecular weight is 347 g/mol. The molecule has 0 amide bonds. The standard InChI is InChI=1S/C14H22N4O2S.ClH/c19-21(20,14-10-17-8-2-1-3-13(17)16-14)18(11-4-5-11)12-6-7-15-9-12;/h10-12,15H,1-9H2;1H. The number of rotatable bonds is 4. The minimum Gasteiger partial charge on any atom is -0.333 e. The monoisotopic (exact) mass is 346 g/mol. The first-order valence-corrected chi connectivity index (χ1v) is 9.40. The molecule has 1 saturated carbocycles. The number of hydrogen-bond acceptors (Lipinski definition) is 4. The highest BCUT2D eigenvalue weighted by Gasteiger charge is 2.44. The summed E-state index contributed by atoms with van der Waals surface area (Å²) in [4.78, 5) is 4.44. The third-order valence-corrected chi connectivity index (χ3v) is 6.61. The minimum absolute atomic E-state index is 0. The number of aromatic nitrogens is 2. The van der Waals surface area contributed by atoms with Gasteiger partial charge in [0.2, 0.25) is 0 Å². The summed E-state index contributed by atoms with van der Waals surface area (Å²) >= 11 is 0. The van der Waals surface area contributed by atoms with Crippen LogP contribution in [0.15, 0.2) is 11.2 Å². The van der Waals surface area contributed by atoms with Crippen molar-refractivity contribution in [3.8, 4) is 0 Å². The van der Waals surface area contributed by atoms with Crippen LogP contribution in [0.1, 0.15) is 37.9 Å². The van der Waals surface area contributed by atoms with E-state index in [0.717, 1.165) is 64.0 Å².